The highest BCUT2D eigenvalue weighted by molar-refractivity contribution is 6.00. The number of carbonyl (C=O) groups excluding carboxylic acids is 1. The highest BCUT2D eigenvalue weighted by Crippen LogP contribution is 2.30. The SMILES string of the molecule is CN1CCCC(Oc2cccc(-c3cnc4[nH]cc(NC(=O)Oc5cnn(Cc6ccccc6)c5)c4c3)c2)C1. The highest BCUT2D eigenvalue weighted by Gasteiger charge is 2.19. The molecular formula is C30H30N6O3. The molecule has 2 aromatic carbocycles. The lowest BCUT2D eigenvalue weighted by molar-refractivity contribution is 0.104. The summed E-state index contributed by atoms with van der Waals surface area (Å²) < 4.78 is 13.5. The molecule has 4 heterocycles. The number of rotatable bonds is 7. The average molecular weight is 523 g/mol. The molecule has 0 radical (unpaired) electrons. The number of likely N-dealkylation sites (tertiary alicyclic amines) is 1. The molecule has 0 bridgehead atoms. The number of likely N-dealkylation sites (N-methyl/N-ethyl adjacent to an activating group) is 1. The van der Waals surface area contributed by atoms with Crippen LogP contribution in [0.4, 0.5) is 10.5 Å². The van der Waals surface area contributed by atoms with Gasteiger partial charge in [0.2, 0.25) is 0 Å². The number of fused-ring (bicyclic) bond motifs is 1. The molecule has 0 aliphatic carbocycles. The molecule has 39 heavy (non-hydrogen) atoms. The Kier molecular flexibility index (Phi) is 6.97. The molecule has 9 nitrogen and oxygen atoms in total. The second-order valence-electron chi connectivity index (χ2n) is 9.87. The molecule has 1 aliphatic rings. The molecule has 0 spiro atoms. The number of carbonyl (C=O) groups is 1. The number of aromatic nitrogens is 4. The molecule has 9 heteroatoms. The minimum Gasteiger partial charge on any atom is -0.489 e. The predicted octanol–water partition coefficient (Wildman–Crippen LogP) is 5.56. The van der Waals surface area contributed by atoms with Gasteiger partial charge in [0.1, 0.15) is 17.5 Å². The Morgan fingerprint density at radius 2 is 1.97 bits per heavy atom. The fraction of sp³-hybridized carbons (Fsp3) is 0.233. The zero-order valence-electron chi connectivity index (χ0n) is 21.7. The van der Waals surface area contributed by atoms with Gasteiger partial charge in [-0.15, -0.1) is 0 Å². The monoisotopic (exact) mass is 522 g/mol. The Labute approximate surface area is 226 Å². The number of hydrogen-bond acceptors (Lipinski definition) is 6. The fourth-order valence-electron chi connectivity index (χ4n) is 4.92. The van der Waals surface area contributed by atoms with Gasteiger partial charge in [-0.3, -0.25) is 10.00 Å². The Morgan fingerprint density at radius 1 is 1.08 bits per heavy atom. The summed E-state index contributed by atoms with van der Waals surface area (Å²) in [5, 5.41) is 7.89. The van der Waals surface area contributed by atoms with E-state index in [1.54, 1.807) is 17.1 Å². The van der Waals surface area contributed by atoms with Gasteiger partial charge in [0.05, 0.1) is 24.6 Å². The Balaban J connectivity index is 1.14. The summed E-state index contributed by atoms with van der Waals surface area (Å²) in [5.41, 5.74) is 4.27. The Hall–Kier alpha value is -4.63. The van der Waals surface area contributed by atoms with Gasteiger partial charge in [0.15, 0.2) is 5.75 Å². The number of amides is 1. The van der Waals surface area contributed by atoms with Gasteiger partial charge in [-0.1, -0.05) is 42.5 Å². The number of nitrogens with one attached hydrogen (secondary N) is 2. The summed E-state index contributed by atoms with van der Waals surface area (Å²) in [7, 11) is 2.13. The van der Waals surface area contributed by atoms with Crippen LogP contribution >= 0.6 is 0 Å². The number of piperidine rings is 1. The van der Waals surface area contributed by atoms with E-state index >= 15 is 0 Å². The van der Waals surface area contributed by atoms with Crippen LogP contribution in [0, 0.1) is 0 Å². The molecule has 1 fully saturated rings. The fourth-order valence-corrected chi connectivity index (χ4v) is 4.92. The first-order valence-electron chi connectivity index (χ1n) is 13.1. The van der Waals surface area contributed by atoms with Crippen LogP contribution in [0.25, 0.3) is 22.2 Å². The number of ether oxygens (including phenoxy) is 2. The van der Waals surface area contributed by atoms with Crippen molar-refractivity contribution in [2.45, 2.75) is 25.5 Å². The van der Waals surface area contributed by atoms with E-state index in [1.807, 2.05) is 66.9 Å². The van der Waals surface area contributed by atoms with Gasteiger partial charge < -0.3 is 19.4 Å². The zero-order chi connectivity index (χ0) is 26.6. The van der Waals surface area contributed by atoms with Gasteiger partial charge >= 0.3 is 6.09 Å². The Bertz CT molecular complexity index is 1580. The lowest BCUT2D eigenvalue weighted by Gasteiger charge is -2.30. The summed E-state index contributed by atoms with van der Waals surface area (Å²) in [6.07, 6.45) is 8.54. The van der Waals surface area contributed by atoms with E-state index in [4.69, 9.17) is 9.47 Å². The van der Waals surface area contributed by atoms with Crippen molar-refractivity contribution >= 4 is 22.8 Å². The summed E-state index contributed by atoms with van der Waals surface area (Å²) in [4.78, 5) is 22.7. The van der Waals surface area contributed by atoms with Crippen molar-refractivity contribution in [3.05, 3.63) is 91.0 Å². The molecule has 1 aliphatic heterocycles. The Morgan fingerprint density at radius 3 is 2.85 bits per heavy atom. The second kappa shape index (κ2) is 11.0. The van der Waals surface area contributed by atoms with Crippen LogP contribution < -0.4 is 14.8 Å². The van der Waals surface area contributed by atoms with Gasteiger partial charge in [0.25, 0.3) is 0 Å². The lowest BCUT2D eigenvalue weighted by atomic mass is 10.1. The standard InChI is InChI=1S/C30H30N6O3/c1-35-12-6-11-25(19-35)38-24-10-5-9-22(13-24)23-14-27-28(17-32-29(27)31-15-23)34-30(37)39-26-16-33-36(20-26)18-21-7-3-2-4-8-21/h2-5,7-10,13-17,20,25H,6,11-12,18-19H2,1H3,(H,31,32)(H,34,37). The number of benzene rings is 2. The van der Waals surface area contributed by atoms with Crippen LogP contribution in [0.15, 0.2) is 85.5 Å². The zero-order valence-corrected chi connectivity index (χ0v) is 21.7. The number of anilines is 1. The maximum atomic E-state index is 12.7. The second-order valence-corrected chi connectivity index (χ2v) is 9.87. The maximum absolute atomic E-state index is 12.7. The van der Waals surface area contributed by atoms with Crippen LogP contribution in [0.5, 0.6) is 11.5 Å². The number of pyridine rings is 1. The van der Waals surface area contributed by atoms with Crippen LogP contribution in [0.2, 0.25) is 0 Å². The van der Waals surface area contributed by atoms with Crippen LogP contribution in [-0.2, 0) is 6.54 Å². The molecule has 1 amide bonds. The third kappa shape index (κ3) is 5.94. The van der Waals surface area contributed by atoms with Crippen molar-refractivity contribution in [3.63, 3.8) is 0 Å². The van der Waals surface area contributed by atoms with E-state index in [0.29, 0.717) is 23.6 Å². The molecular weight excluding hydrogens is 492 g/mol. The van der Waals surface area contributed by atoms with Crippen molar-refractivity contribution < 1.29 is 14.3 Å². The number of hydrogen-bond donors (Lipinski definition) is 2. The molecule has 1 atom stereocenters. The molecule has 3 aromatic heterocycles. The van der Waals surface area contributed by atoms with E-state index < -0.39 is 6.09 Å². The molecule has 2 N–H and O–H groups in total. The third-order valence-electron chi connectivity index (χ3n) is 6.83. The third-order valence-corrected chi connectivity index (χ3v) is 6.83. The van der Waals surface area contributed by atoms with Crippen LogP contribution in [0.3, 0.4) is 0 Å². The summed E-state index contributed by atoms with van der Waals surface area (Å²) in [5.74, 6) is 1.21. The summed E-state index contributed by atoms with van der Waals surface area (Å²) >= 11 is 0. The first kappa shape index (κ1) is 24.7. The number of aromatic amines is 1. The van der Waals surface area contributed by atoms with Crippen molar-refractivity contribution in [1.82, 2.24) is 24.6 Å². The van der Waals surface area contributed by atoms with Gasteiger partial charge in [-0.2, -0.15) is 5.10 Å². The molecule has 0 saturated carbocycles. The minimum absolute atomic E-state index is 0.191. The summed E-state index contributed by atoms with van der Waals surface area (Å²) in [6, 6.07) is 20.0. The van der Waals surface area contributed by atoms with E-state index in [1.165, 1.54) is 6.20 Å². The quantitative estimate of drug-likeness (QED) is 0.291. The maximum Gasteiger partial charge on any atom is 0.417 e. The first-order chi connectivity index (χ1) is 19.1. The minimum atomic E-state index is -0.603. The lowest BCUT2D eigenvalue weighted by Crippen LogP contribution is -2.38. The van der Waals surface area contributed by atoms with Crippen molar-refractivity contribution in [2.24, 2.45) is 0 Å². The van der Waals surface area contributed by atoms with Crippen molar-refractivity contribution in [1.29, 1.82) is 0 Å². The number of H-pyrrole nitrogens is 1. The van der Waals surface area contributed by atoms with Gasteiger partial charge in [0, 0.05) is 29.9 Å². The smallest absolute Gasteiger partial charge is 0.417 e. The van der Waals surface area contributed by atoms with E-state index in [9.17, 15) is 4.79 Å². The highest BCUT2D eigenvalue weighted by atomic mass is 16.6. The van der Waals surface area contributed by atoms with Gasteiger partial charge in [-0.25, -0.2) is 9.78 Å². The molecule has 1 saturated heterocycles. The van der Waals surface area contributed by atoms with E-state index in [0.717, 1.165) is 53.8 Å². The topological polar surface area (TPSA) is 97.3 Å². The number of nitrogens with zero attached hydrogens (tertiary/aromatic N) is 4. The molecule has 198 valence electrons. The first-order valence-corrected chi connectivity index (χ1v) is 13.1. The molecule has 5 aromatic rings. The van der Waals surface area contributed by atoms with E-state index in [-0.39, 0.29) is 6.10 Å². The normalized spacial score (nSPS) is 15.8. The van der Waals surface area contributed by atoms with Crippen molar-refractivity contribution in [2.75, 3.05) is 25.5 Å². The van der Waals surface area contributed by atoms with Crippen LogP contribution in [0.1, 0.15) is 18.4 Å². The summed E-state index contributed by atoms with van der Waals surface area (Å²) in [6.45, 7) is 2.64. The van der Waals surface area contributed by atoms with Crippen molar-refractivity contribution in [3.8, 4) is 22.6 Å². The van der Waals surface area contributed by atoms with Crippen LogP contribution in [-0.4, -0.2) is 57.0 Å². The molecule has 6 rings (SSSR count). The molecule has 1 unspecified atom stereocenters. The van der Waals surface area contributed by atoms with Gasteiger partial charge in [-0.05, 0) is 55.8 Å². The van der Waals surface area contributed by atoms with E-state index in [2.05, 4.69) is 32.3 Å². The largest absolute Gasteiger partial charge is 0.489 e. The predicted molar refractivity (Wildman–Crippen MR) is 150 cm³/mol. The average Bonchev–Trinajstić information content (AvgIpc) is 3.55.